The summed E-state index contributed by atoms with van der Waals surface area (Å²) in [7, 11) is 1.63. The lowest BCUT2D eigenvalue weighted by molar-refractivity contribution is 0.102. The molecule has 0 saturated carbocycles. The van der Waals surface area contributed by atoms with E-state index in [0.717, 1.165) is 11.4 Å². The molecular weight excluding hydrogens is 352 g/mol. The van der Waals surface area contributed by atoms with Crippen molar-refractivity contribution in [2.75, 3.05) is 5.32 Å². The third-order valence-corrected chi connectivity index (χ3v) is 4.26. The number of carbonyl (C=O) groups is 1. The molecular formula is C19H19ClN4O2. The fraction of sp³-hybridized carbons (Fsp3) is 0.211. The summed E-state index contributed by atoms with van der Waals surface area (Å²) in [5.74, 6) is -0.332. The predicted octanol–water partition coefficient (Wildman–Crippen LogP) is 3.60. The van der Waals surface area contributed by atoms with E-state index in [4.69, 9.17) is 11.6 Å². The Morgan fingerprint density at radius 2 is 2.00 bits per heavy atom. The Balaban J connectivity index is 2.01. The van der Waals surface area contributed by atoms with Crippen LogP contribution in [0.2, 0.25) is 5.02 Å². The molecule has 134 valence electrons. The summed E-state index contributed by atoms with van der Waals surface area (Å²) in [5.41, 5.74) is 1.90. The lowest BCUT2D eigenvalue weighted by atomic mass is 10.0. The van der Waals surface area contributed by atoms with Gasteiger partial charge in [0, 0.05) is 18.3 Å². The van der Waals surface area contributed by atoms with Crippen LogP contribution in [-0.2, 0) is 7.05 Å². The fourth-order valence-electron chi connectivity index (χ4n) is 2.78. The van der Waals surface area contributed by atoms with Gasteiger partial charge in [-0.1, -0.05) is 31.5 Å². The number of halogens is 1. The highest BCUT2D eigenvalue weighted by molar-refractivity contribution is 6.30. The molecule has 0 spiro atoms. The lowest BCUT2D eigenvalue weighted by Gasteiger charge is -2.13. The zero-order valence-corrected chi connectivity index (χ0v) is 15.5. The maximum Gasteiger partial charge on any atom is 0.274 e. The molecule has 1 aromatic carbocycles. The van der Waals surface area contributed by atoms with Crippen molar-refractivity contribution < 1.29 is 4.79 Å². The summed E-state index contributed by atoms with van der Waals surface area (Å²) < 4.78 is 3.11. The first-order valence-corrected chi connectivity index (χ1v) is 8.57. The van der Waals surface area contributed by atoms with Crippen LogP contribution in [0.1, 0.15) is 35.8 Å². The summed E-state index contributed by atoms with van der Waals surface area (Å²) in [6.45, 7) is 3.97. The highest BCUT2D eigenvalue weighted by Gasteiger charge is 2.21. The number of aromatic nitrogens is 3. The van der Waals surface area contributed by atoms with Gasteiger partial charge in [-0.3, -0.25) is 9.59 Å². The highest BCUT2D eigenvalue weighted by atomic mass is 35.5. The summed E-state index contributed by atoms with van der Waals surface area (Å²) in [6, 6.07) is 10.6. The van der Waals surface area contributed by atoms with Gasteiger partial charge in [0.05, 0.1) is 23.1 Å². The topological polar surface area (TPSA) is 68.9 Å². The number of hydrogen-bond donors (Lipinski definition) is 1. The highest BCUT2D eigenvalue weighted by Crippen LogP contribution is 2.25. The van der Waals surface area contributed by atoms with Gasteiger partial charge in [0.1, 0.15) is 5.69 Å². The number of carbonyl (C=O) groups excluding carboxylic acids is 1. The van der Waals surface area contributed by atoms with Crippen molar-refractivity contribution in [3.8, 4) is 5.69 Å². The summed E-state index contributed by atoms with van der Waals surface area (Å²) in [6.07, 6.45) is 3.15. The Labute approximate surface area is 156 Å². The van der Waals surface area contributed by atoms with E-state index in [2.05, 4.69) is 10.4 Å². The van der Waals surface area contributed by atoms with Crippen LogP contribution in [0, 0.1) is 0 Å². The number of benzene rings is 1. The first-order chi connectivity index (χ1) is 12.4. The molecule has 2 heterocycles. The summed E-state index contributed by atoms with van der Waals surface area (Å²) in [5, 5.41) is 7.64. The van der Waals surface area contributed by atoms with Crippen LogP contribution in [0.4, 0.5) is 5.69 Å². The number of nitrogens with zero attached hydrogens (tertiary/aromatic N) is 3. The molecule has 0 aliphatic rings. The Morgan fingerprint density at radius 1 is 1.23 bits per heavy atom. The maximum absolute atomic E-state index is 12.8. The van der Waals surface area contributed by atoms with E-state index < -0.39 is 0 Å². The molecule has 0 atom stereocenters. The van der Waals surface area contributed by atoms with Gasteiger partial charge >= 0.3 is 0 Å². The molecule has 0 aliphatic heterocycles. The van der Waals surface area contributed by atoms with Gasteiger partial charge in [-0.05, 0) is 36.2 Å². The number of anilines is 1. The van der Waals surface area contributed by atoms with Gasteiger partial charge in [-0.2, -0.15) is 5.10 Å². The molecule has 0 bridgehead atoms. The molecule has 0 unspecified atom stereocenters. The van der Waals surface area contributed by atoms with Gasteiger partial charge in [-0.25, -0.2) is 4.68 Å². The second-order valence-electron chi connectivity index (χ2n) is 6.28. The Hall–Kier alpha value is -2.86. The van der Waals surface area contributed by atoms with Crippen LogP contribution >= 0.6 is 11.6 Å². The van der Waals surface area contributed by atoms with Gasteiger partial charge in [0.25, 0.3) is 11.5 Å². The van der Waals surface area contributed by atoms with Crippen molar-refractivity contribution in [2.24, 2.45) is 7.05 Å². The van der Waals surface area contributed by atoms with Crippen molar-refractivity contribution in [3.05, 3.63) is 75.4 Å². The standard InChI is InChI=1S/C19H19ClN4O2/c1-12(2)17-15(11-21-24(17)14-7-4-6-13(20)10-14)18(25)22-16-8-5-9-23(3)19(16)26/h4-12H,1-3H3,(H,22,25). The van der Waals surface area contributed by atoms with Gasteiger partial charge < -0.3 is 9.88 Å². The first kappa shape index (κ1) is 17.9. The van der Waals surface area contributed by atoms with E-state index in [1.54, 1.807) is 42.2 Å². The van der Waals surface area contributed by atoms with Gasteiger partial charge in [0.15, 0.2) is 0 Å². The molecule has 2 aromatic heterocycles. The van der Waals surface area contributed by atoms with Crippen molar-refractivity contribution in [2.45, 2.75) is 19.8 Å². The number of rotatable bonds is 4. The van der Waals surface area contributed by atoms with Crippen LogP contribution in [0.15, 0.2) is 53.6 Å². The minimum atomic E-state index is -0.370. The second-order valence-corrected chi connectivity index (χ2v) is 6.72. The molecule has 0 radical (unpaired) electrons. The lowest BCUT2D eigenvalue weighted by Crippen LogP contribution is -2.24. The SMILES string of the molecule is CC(C)c1c(C(=O)Nc2cccn(C)c2=O)cnn1-c1cccc(Cl)c1. The number of amides is 1. The van der Waals surface area contributed by atoms with Crippen molar-refractivity contribution in [3.63, 3.8) is 0 Å². The van der Waals surface area contributed by atoms with E-state index >= 15 is 0 Å². The molecule has 3 aromatic rings. The third-order valence-electron chi connectivity index (χ3n) is 4.02. The van der Waals surface area contributed by atoms with Crippen LogP contribution in [0.25, 0.3) is 5.69 Å². The van der Waals surface area contributed by atoms with Crippen LogP contribution < -0.4 is 10.9 Å². The first-order valence-electron chi connectivity index (χ1n) is 8.19. The second kappa shape index (κ2) is 7.17. The van der Waals surface area contributed by atoms with E-state index in [1.165, 1.54) is 10.8 Å². The summed E-state index contributed by atoms with van der Waals surface area (Å²) >= 11 is 6.08. The normalized spacial score (nSPS) is 11.0. The minimum absolute atomic E-state index is 0.0378. The zero-order valence-electron chi connectivity index (χ0n) is 14.7. The Bertz CT molecular complexity index is 1020. The Morgan fingerprint density at radius 3 is 2.69 bits per heavy atom. The quantitative estimate of drug-likeness (QED) is 0.762. The van der Waals surface area contributed by atoms with E-state index in [0.29, 0.717) is 10.6 Å². The molecule has 0 fully saturated rings. The van der Waals surface area contributed by atoms with Crippen molar-refractivity contribution >= 4 is 23.2 Å². The molecule has 26 heavy (non-hydrogen) atoms. The fourth-order valence-corrected chi connectivity index (χ4v) is 2.97. The average molecular weight is 371 g/mol. The van der Waals surface area contributed by atoms with Crippen LogP contribution in [0.5, 0.6) is 0 Å². The zero-order chi connectivity index (χ0) is 18.8. The molecule has 1 amide bonds. The van der Waals surface area contributed by atoms with Gasteiger partial charge in [0.2, 0.25) is 0 Å². The van der Waals surface area contributed by atoms with E-state index in [-0.39, 0.29) is 23.1 Å². The molecule has 0 saturated heterocycles. The average Bonchev–Trinajstić information content (AvgIpc) is 3.04. The summed E-state index contributed by atoms with van der Waals surface area (Å²) in [4.78, 5) is 24.9. The molecule has 6 nitrogen and oxygen atoms in total. The van der Waals surface area contributed by atoms with Crippen molar-refractivity contribution in [1.29, 1.82) is 0 Å². The molecule has 1 N–H and O–H groups in total. The third kappa shape index (κ3) is 3.41. The predicted molar refractivity (Wildman–Crippen MR) is 102 cm³/mol. The molecule has 3 rings (SSSR count). The number of hydrogen-bond acceptors (Lipinski definition) is 3. The van der Waals surface area contributed by atoms with E-state index in [9.17, 15) is 9.59 Å². The van der Waals surface area contributed by atoms with Crippen LogP contribution in [0.3, 0.4) is 0 Å². The minimum Gasteiger partial charge on any atom is -0.317 e. The number of aryl methyl sites for hydroxylation is 1. The van der Waals surface area contributed by atoms with Crippen molar-refractivity contribution in [1.82, 2.24) is 14.3 Å². The number of nitrogens with one attached hydrogen (secondary N) is 1. The smallest absolute Gasteiger partial charge is 0.274 e. The Kier molecular flexibility index (Phi) is 4.95. The molecule has 7 heteroatoms. The molecule has 0 aliphatic carbocycles. The number of pyridine rings is 1. The van der Waals surface area contributed by atoms with E-state index in [1.807, 2.05) is 26.0 Å². The largest absolute Gasteiger partial charge is 0.317 e. The van der Waals surface area contributed by atoms with Gasteiger partial charge in [-0.15, -0.1) is 0 Å². The maximum atomic E-state index is 12.8. The van der Waals surface area contributed by atoms with Crippen LogP contribution in [-0.4, -0.2) is 20.3 Å². The monoisotopic (exact) mass is 370 g/mol.